The highest BCUT2D eigenvalue weighted by atomic mass is 16.6. The molecule has 0 unspecified atom stereocenters. The smallest absolute Gasteiger partial charge is 0.390 e. The van der Waals surface area contributed by atoms with Gasteiger partial charge in [-0.15, -0.1) is 0 Å². The molecule has 10 heavy (non-hydrogen) atoms. The third-order valence-corrected chi connectivity index (χ3v) is 0.945. The van der Waals surface area contributed by atoms with Crippen molar-refractivity contribution < 1.29 is 4.92 Å². The van der Waals surface area contributed by atoms with Crippen molar-refractivity contribution in [3.8, 4) is 0 Å². The minimum Gasteiger partial charge on any atom is -0.390 e. The van der Waals surface area contributed by atoms with Gasteiger partial charge in [0, 0.05) is 6.07 Å². The monoisotopic (exact) mass is 139 g/mol. The predicted octanol–water partition coefficient (Wildman–Crippen LogP) is 0.693. The molecule has 0 fully saturated rings. The van der Waals surface area contributed by atoms with Gasteiger partial charge < -0.3 is 10.1 Å². The summed E-state index contributed by atoms with van der Waals surface area (Å²) in [4.78, 5) is 16.4. The van der Waals surface area contributed by atoms with Gasteiger partial charge in [0.1, 0.15) is 11.9 Å². The van der Waals surface area contributed by atoms with Crippen LogP contribution in [0.1, 0.15) is 5.69 Å². The van der Waals surface area contributed by atoms with Crippen LogP contribution in [0.2, 0.25) is 0 Å². The molecule has 0 aliphatic heterocycles. The second kappa shape index (κ2) is 2.38. The van der Waals surface area contributed by atoms with E-state index in [-0.39, 0.29) is 5.95 Å². The number of rotatable bonds is 1. The van der Waals surface area contributed by atoms with E-state index in [9.17, 15) is 10.1 Å². The van der Waals surface area contributed by atoms with Crippen molar-refractivity contribution in [2.24, 2.45) is 0 Å². The van der Waals surface area contributed by atoms with Crippen LogP contribution in [0.3, 0.4) is 0 Å². The highest BCUT2D eigenvalue weighted by Crippen LogP contribution is 2.00. The summed E-state index contributed by atoms with van der Waals surface area (Å²) < 4.78 is 0. The molecule has 0 N–H and O–H groups in total. The molecule has 52 valence electrons. The minimum atomic E-state index is -0.618. The van der Waals surface area contributed by atoms with Gasteiger partial charge in [-0.2, -0.15) is 0 Å². The van der Waals surface area contributed by atoms with Gasteiger partial charge in [0.2, 0.25) is 0 Å². The fraction of sp³-hybridized carbons (Fsp3) is 0.200. The zero-order valence-corrected chi connectivity index (χ0v) is 5.31. The molecule has 1 heterocycles. The first kappa shape index (κ1) is 6.60. The molecule has 0 bridgehead atoms. The van der Waals surface area contributed by atoms with E-state index in [0.717, 1.165) is 0 Å². The fourth-order valence-corrected chi connectivity index (χ4v) is 0.524. The summed E-state index contributed by atoms with van der Waals surface area (Å²) in [6.45, 7) is 1.68. The molecule has 0 atom stereocenters. The molecule has 0 amide bonds. The van der Waals surface area contributed by atoms with Gasteiger partial charge in [-0.05, 0) is 11.8 Å². The SMILES string of the molecule is Cc1ccnc([N+](=O)[O-])n1. The lowest BCUT2D eigenvalue weighted by Crippen LogP contribution is -1.95. The van der Waals surface area contributed by atoms with Crippen molar-refractivity contribution in [2.45, 2.75) is 6.92 Å². The number of hydrogen-bond acceptors (Lipinski definition) is 4. The van der Waals surface area contributed by atoms with E-state index in [1.54, 1.807) is 13.0 Å². The Labute approximate surface area is 56.9 Å². The molecule has 1 aromatic heterocycles. The van der Waals surface area contributed by atoms with Gasteiger partial charge in [0.05, 0.1) is 0 Å². The summed E-state index contributed by atoms with van der Waals surface area (Å²) in [6.07, 6.45) is 1.36. The summed E-state index contributed by atoms with van der Waals surface area (Å²) in [5.74, 6) is -0.347. The second-order valence-corrected chi connectivity index (χ2v) is 1.76. The first-order chi connectivity index (χ1) is 4.70. The Bertz CT molecular complexity index is 261. The second-order valence-electron chi connectivity index (χ2n) is 1.76. The van der Waals surface area contributed by atoms with E-state index < -0.39 is 4.92 Å². The summed E-state index contributed by atoms with van der Waals surface area (Å²) in [7, 11) is 0. The van der Waals surface area contributed by atoms with Gasteiger partial charge in [-0.3, -0.25) is 0 Å². The largest absolute Gasteiger partial charge is 0.468 e. The summed E-state index contributed by atoms with van der Waals surface area (Å²) in [6, 6.07) is 1.60. The van der Waals surface area contributed by atoms with Crippen molar-refractivity contribution in [2.75, 3.05) is 0 Å². The number of nitro groups is 1. The molecule has 0 spiro atoms. The third kappa shape index (κ3) is 1.25. The molecule has 1 aromatic rings. The van der Waals surface area contributed by atoms with Crippen LogP contribution in [0.5, 0.6) is 0 Å². The Kier molecular flexibility index (Phi) is 1.57. The Hall–Kier alpha value is -1.52. The van der Waals surface area contributed by atoms with E-state index in [4.69, 9.17) is 0 Å². The molecule has 0 saturated heterocycles. The predicted molar refractivity (Wildman–Crippen MR) is 33.4 cm³/mol. The fourth-order valence-electron chi connectivity index (χ4n) is 0.524. The maximum atomic E-state index is 10.0. The first-order valence-electron chi connectivity index (χ1n) is 2.64. The van der Waals surface area contributed by atoms with E-state index in [2.05, 4.69) is 9.97 Å². The van der Waals surface area contributed by atoms with Gasteiger partial charge >= 0.3 is 5.95 Å². The molecule has 0 aliphatic rings. The van der Waals surface area contributed by atoms with Crippen LogP contribution in [-0.4, -0.2) is 14.9 Å². The maximum Gasteiger partial charge on any atom is 0.468 e. The van der Waals surface area contributed by atoms with Crippen molar-refractivity contribution in [3.63, 3.8) is 0 Å². The zero-order chi connectivity index (χ0) is 7.56. The van der Waals surface area contributed by atoms with Crippen molar-refractivity contribution in [3.05, 3.63) is 28.1 Å². The highest BCUT2D eigenvalue weighted by molar-refractivity contribution is 5.07. The molecule has 5 nitrogen and oxygen atoms in total. The standard InChI is InChI=1S/C5H5N3O2/c1-4-2-3-6-5(7-4)8(9)10/h2-3H,1H3. The number of aryl methyl sites for hydroxylation is 1. The summed E-state index contributed by atoms with van der Waals surface area (Å²) >= 11 is 0. The molecular formula is C5H5N3O2. The lowest BCUT2D eigenvalue weighted by molar-refractivity contribution is -0.394. The molecule has 0 aromatic carbocycles. The normalized spacial score (nSPS) is 9.30. The van der Waals surface area contributed by atoms with Gasteiger partial charge in [-0.1, -0.05) is 9.97 Å². The Morgan fingerprint density at radius 1 is 1.70 bits per heavy atom. The van der Waals surface area contributed by atoms with E-state index >= 15 is 0 Å². The van der Waals surface area contributed by atoms with Crippen LogP contribution >= 0.6 is 0 Å². The van der Waals surface area contributed by atoms with Crippen LogP contribution in [0.4, 0.5) is 5.95 Å². The molecule has 0 saturated carbocycles. The van der Waals surface area contributed by atoms with Gasteiger partial charge in [0.25, 0.3) is 0 Å². The first-order valence-corrected chi connectivity index (χ1v) is 2.64. The average molecular weight is 139 g/mol. The number of nitrogens with zero attached hydrogens (tertiary/aromatic N) is 3. The quantitative estimate of drug-likeness (QED) is 0.424. The average Bonchev–Trinajstić information content (AvgIpc) is 1.88. The molecule has 0 aliphatic carbocycles. The molecule has 5 heteroatoms. The lowest BCUT2D eigenvalue weighted by Gasteiger charge is -1.89. The number of aromatic nitrogens is 2. The number of hydrogen-bond donors (Lipinski definition) is 0. The van der Waals surface area contributed by atoms with Gasteiger partial charge in [-0.25, -0.2) is 0 Å². The van der Waals surface area contributed by atoms with Crippen molar-refractivity contribution in [1.29, 1.82) is 0 Å². The third-order valence-electron chi connectivity index (χ3n) is 0.945. The Balaban J connectivity index is 3.07. The molecular weight excluding hydrogens is 134 g/mol. The topological polar surface area (TPSA) is 68.9 Å². The van der Waals surface area contributed by atoms with Crippen LogP contribution in [0, 0.1) is 17.0 Å². The van der Waals surface area contributed by atoms with Crippen LogP contribution in [0.15, 0.2) is 12.3 Å². The lowest BCUT2D eigenvalue weighted by atomic mass is 10.5. The van der Waals surface area contributed by atoms with Crippen molar-refractivity contribution in [1.82, 2.24) is 9.97 Å². The summed E-state index contributed by atoms with van der Waals surface area (Å²) in [5, 5.41) is 10.0. The van der Waals surface area contributed by atoms with Gasteiger partial charge in [0.15, 0.2) is 0 Å². The summed E-state index contributed by atoms with van der Waals surface area (Å²) in [5.41, 5.74) is 0.599. The minimum absolute atomic E-state index is 0.347. The maximum absolute atomic E-state index is 10.0. The van der Waals surface area contributed by atoms with E-state index in [1.165, 1.54) is 6.20 Å². The molecule has 1 rings (SSSR count). The van der Waals surface area contributed by atoms with E-state index in [1.807, 2.05) is 0 Å². The van der Waals surface area contributed by atoms with Crippen molar-refractivity contribution >= 4 is 5.95 Å². The van der Waals surface area contributed by atoms with Crippen LogP contribution in [0.25, 0.3) is 0 Å². The highest BCUT2D eigenvalue weighted by Gasteiger charge is 2.06. The Morgan fingerprint density at radius 2 is 2.40 bits per heavy atom. The molecule has 0 radical (unpaired) electrons. The van der Waals surface area contributed by atoms with E-state index in [0.29, 0.717) is 5.69 Å². The van der Waals surface area contributed by atoms with Crippen LogP contribution < -0.4 is 0 Å². The Morgan fingerprint density at radius 3 is 2.80 bits per heavy atom. The van der Waals surface area contributed by atoms with Crippen LogP contribution in [-0.2, 0) is 0 Å². The zero-order valence-electron chi connectivity index (χ0n) is 5.31.